The number of amides is 1. The molecule has 1 fully saturated rings. The van der Waals surface area contributed by atoms with Gasteiger partial charge in [0.15, 0.2) is 5.13 Å². The summed E-state index contributed by atoms with van der Waals surface area (Å²) in [4.78, 5) is 32.8. The molecular weight excluding hydrogens is 555 g/mol. The lowest BCUT2D eigenvalue weighted by molar-refractivity contribution is -0.132. The van der Waals surface area contributed by atoms with Gasteiger partial charge in [-0.15, -0.1) is 0 Å². The Morgan fingerprint density at radius 1 is 1.05 bits per heavy atom. The van der Waals surface area contributed by atoms with Gasteiger partial charge < -0.3 is 9.84 Å². The number of ether oxygens (including phenoxy) is 1. The summed E-state index contributed by atoms with van der Waals surface area (Å²) in [6.45, 7) is 1.96. The molecule has 6 nitrogen and oxygen atoms in total. The van der Waals surface area contributed by atoms with Crippen molar-refractivity contribution in [2.75, 3.05) is 4.90 Å². The summed E-state index contributed by atoms with van der Waals surface area (Å²) in [5, 5.41) is 12.9. The number of aliphatic hydroxyl groups is 1. The summed E-state index contributed by atoms with van der Waals surface area (Å²) < 4.78 is 6.52. The monoisotopic (exact) mass is 570 g/mol. The molecule has 2 aliphatic heterocycles. The molecule has 2 atom stereocenters. The standard InChI is InChI=1S/C27H17Cl3N2O4S/c1-12-8-15-9-14(3-7-20(15)36-12)24(33)22-23(13-2-5-17(29)18(30)10-13)32(26(35)25(22)34)27-31-19-6-4-16(28)11-21(19)37-27/h2-7,9-12,23,33H,8H2,1H3/t12-,23+/m0/s1. The van der Waals surface area contributed by atoms with E-state index in [9.17, 15) is 14.7 Å². The largest absolute Gasteiger partial charge is 0.507 e. The third kappa shape index (κ3) is 4.07. The van der Waals surface area contributed by atoms with E-state index in [0.717, 1.165) is 16.0 Å². The number of nitrogens with zero attached hydrogens (tertiary/aromatic N) is 2. The summed E-state index contributed by atoms with van der Waals surface area (Å²) in [6.07, 6.45) is 0.691. The fourth-order valence-electron chi connectivity index (χ4n) is 4.74. The molecule has 3 heterocycles. The third-order valence-electron chi connectivity index (χ3n) is 6.42. The molecule has 1 aromatic heterocycles. The van der Waals surface area contributed by atoms with Crippen molar-refractivity contribution < 1.29 is 19.4 Å². The van der Waals surface area contributed by atoms with Crippen LogP contribution in [0.3, 0.4) is 0 Å². The molecule has 0 unspecified atom stereocenters. The Hall–Kier alpha value is -3.10. The van der Waals surface area contributed by atoms with Gasteiger partial charge in [0.25, 0.3) is 5.78 Å². The zero-order chi connectivity index (χ0) is 26.0. The molecule has 10 heteroatoms. The first-order valence-corrected chi connectivity index (χ1v) is 13.3. The second-order valence-electron chi connectivity index (χ2n) is 8.91. The van der Waals surface area contributed by atoms with E-state index >= 15 is 0 Å². The van der Waals surface area contributed by atoms with Crippen LogP contribution in [0.5, 0.6) is 5.75 Å². The van der Waals surface area contributed by atoms with Crippen molar-refractivity contribution in [2.24, 2.45) is 0 Å². The van der Waals surface area contributed by atoms with Gasteiger partial charge in [-0.05, 0) is 66.6 Å². The first-order chi connectivity index (χ1) is 17.7. The van der Waals surface area contributed by atoms with Crippen molar-refractivity contribution in [3.8, 4) is 5.75 Å². The van der Waals surface area contributed by atoms with Gasteiger partial charge in [0.05, 0.1) is 31.9 Å². The zero-order valence-corrected chi connectivity index (χ0v) is 22.3. The van der Waals surface area contributed by atoms with E-state index in [1.165, 1.54) is 16.2 Å². The summed E-state index contributed by atoms with van der Waals surface area (Å²) in [7, 11) is 0. The van der Waals surface area contributed by atoms with Crippen LogP contribution in [0.25, 0.3) is 16.0 Å². The van der Waals surface area contributed by atoms with E-state index in [1.54, 1.807) is 54.6 Å². The minimum Gasteiger partial charge on any atom is -0.507 e. The van der Waals surface area contributed by atoms with Crippen LogP contribution in [-0.2, 0) is 16.0 Å². The van der Waals surface area contributed by atoms with Gasteiger partial charge in [-0.1, -0.05) is 52.2 Å². The molecule has 2 aliphatic rings. The van der Waals surface area contributed by atoms with Gasteiger partial charge in [0.2, 0.25) is 0 Å². The van der Waals surface area contributed by atoms with Gasteiger partial charge in [0, 0.05) is 17.0 Å². The minimum absolute atomic E-state index is 0.0155. The Balaban J connectivity index is 1.55. The number of benzene rings is 3. The van der Waals surface area contributed by atoms with E-state index in [2.05, 4.69) is 4.98 Å². The quantitative estimate of drug-likeness (QED) is 0.160. The fraction of sp³-hybridized carbons (Fsp3) is 0.148. The average Bonchev–Trinajstić information content (AvgIpc) is 3.52. The number of carbonyl (C=O) groups is 2. The van der Waals surface area contributed by atoms with Crippen LogP contribution in [0.2, 0.25) is 15.1 Å². The zero-order valence-electron chi connectivity index (χ0n) is 19.2. The fourth-order valence-corrected chi connectivity index (χ4v) is 6.32. The van der Waals surface area contributed by atoms with Gasteiger partial charge in [-0.3, -0.25) is 14.5 Å². The summed E-state index contributed by atoms with van der Waals surface area (Å²) in [5.74, 6) is -1.18. The van der Waals surface area contributed by atoms with E-state index in [0.29, 0.717) is 38.2 Å². The van der Waals surface area contributed by atoms with Crippen molar-refractivity contribution in [2.45, 2.75) is 25.5 Å². The minimum atomic E-state index is -0.978. The van der Waals surface area contributed by atoms with Crippen LogP contribution in [0.1, 0.15) is 29.7 Å². The van der Waals surface area contributed by atoms with Crippen molar-refractivity contribution in [1.29, 1.82) is 0 Å². The molecule has 0 spiro atoms. The lowest BCUT2D eigenvalue weighted by atomic mass is 9.94. The summed E-state index contributed by atoms with van der Waals surface area (Å²) in [6, 6.07) is 14.3. The number of halogens is 3. The van der Waals surface area contributed by atoms with Crippen LogP contribution >= 0.6 is 46.1 Å². The molecule has 37 heavy (non-hydrogen) atoms. The molecule has 1 amide bonds. The molecule has 1 saturated heterocycles. The Morgan fingerprint density at radius 3 is 2.65 bits per heavy atom. The van der Waals surface area contributed by atoms with E-state index in [-0.39, 0.29) is 22.5 Å². The number of hydrogen-bond donors (Lipinski definition) is 1. The van der Waals surface area contributed by atoms with E-state index < -0.39 is 17.7 Å². The van der Waals surface area contributed by atoms with E-state index in [4.69, 9.17) is 39.5 Å². The van der Waals surface area contributed by atoms with E-state index in [1.807, 2.05) is 6.92 Å². The lowest BCUT2D eigenvalue weighted by Crippen LogP contribution is -2.29. The topological polar surface area (TPSA) is 79.7 Å². The number of Topliss-reactive ketones (excluding diaryl/α,β-unsaturated/α-hetero) is 1. The number of rotatable bonds is 3. The van der Waals surface area contributed by atoms with Crippen molar-refractivity contribution >= 4 is 78.9 Å². The summed E-state index contributed by atoms with van der Waals surface area (Å²) in [5.41, 5.74) is 2.40. The molecular formula is C27H17Cl3N2O4S. The lowest BCUT2D eigenvalue weighted by Gasteiger charge is -2.23. The van der Waals surface area contributed by atoms with Crippen molar-refractivity contribution in [3.63, 3.8) is 0 Å². The number of aromatic nitrogens is 1. The predicted molar refractivity (Wildman–Crippen MR) is 146 cm³/mol. The molecule has 4 aromatic rings. The molecule has 0 bridgehead atoms. The SMILES string of the molecule is C[C@H]1Cc2cc(C(O)=C3C(=O)C(=O)N(c4nc5ccc(Cl)cc5s4)[C@@H]3c3ccc(Cl)c(Cl)c3)ccc2O1. The second kappa shape index (κ2) is 9.03. The maximum atomic E-state index is 13.5. The van der Waals surface area contributed by atoms with Crippen LogP contribution in [0.4, 0.5) is 5.13 Å². The maximum absolute atomic E-state index is 13.5. The first-order valence-electron chi connectivity index (χ1n) is 11.3. The van der Waals surface area contributed by atoms with Crippen molar-refractivity contribution in [3.05, 3.63) is 91.9 Å². The highest BCUT2D eigenvalue weighted by atomic mass is 35.5. The van der Waals surface area contributed by atoms with Crippen LogP contribution in [0.15, 0.2) is 60.2 Å². The van der Waals surface area contributed by atoms with Crippen LogP contribution in [0, 0.1) is 0 Å². The average molecular weight is 572 g/mol. The molecule has 0 saturated carbocycles. The molecule has 1 N–H and O–H groups in total. The number of hydrogen-bond acceptors (Lipinski definition) is 6. The molecule has 0 radical (unpaired) electrons. The molecule has 186 valence electrons. The predicted octanol–water partition coefficient (Wildman–Crippen LogP) is 7.21. The first kappa shape index (κ1) is 24.2. The number of anilines is 1. The highest BCUT2D eigenvalue weighted by molar-refractivity contribution is 7.22. The van der Waals surface area contributed by atoms with Crippen LogP contribution in [-0.4, -0.2) is 27.9 Å². The Bertz CT molecular complexity index is 1660. The summed E-state index contributed by atoms with van der Waals surface area (Å²) >= 11 is 19.8. The molecule has 6 rings (SSSR count). The number of carbonyl (C=O) groups excluding carboxylic acids is 2. The van der Waals surface area contributed by atoms with Gasteiger partial charge in [-0.2, -0.15) is 0 Å². The molecule has 0 aliphatic carbocycles. The highest BCUT2D eigenvalue weighted by Crippen LogP contribution is 2.46. The number of aliphatic hydroxyl groups excluding tert-OH is 1. The number of fused-ring (bicyclic) bond motifs is 2. The Labute approximate surface area is 230 Å². The van der Waals surface area contributed by atoms with Crippen LogP contribution < -0.4 is 9.64 Å². The highest BCUT2D eigenvalue weighted by Gasteiger charge is 2.48. The number of ketones is 1. The smallest absolute Gasteiger partial charge is 0.301 e. The van der Waals surface area contributed by atoms with Gasteiger partial charge >= 0.3 is 5.91 Å². The molecule has 3 aromatic carbocycles. The van der Waals surface area contributed by atoms with Crippen molar-refractivity contribution in [1.82, 2.24) is 4.98 Å². The Kier molecular flexibility index (Phi) is 5.92. The second-order valence-corrected chi connectivity index (χ2v) is 11.2. The van der Waals surface area contributed by atoms with Gasteiger partial charge in [-0.25, -0.2) is 4.98 Å². The van der Waals surface area contributed by atoms with Gasteiger partial charge in [0.1, 0.15) is 17.6 Å². The normalized spacial score (nSPS) is 20.5. The maximum Gasteiger partial charge on any atom is 0.301 e. The third-order valence-corrected chi connectivity index (χ3v) is 8.41. The Morgan fingerprint density at radius 2 is 1.86 bits per heavy atom. The number of thiazole rings is 1.